The number of nitrogens with one attached hydrogen (secondary N) is 3. The van der Waals surface area contributed by atoms with Gasteiger partial charge >= 0.3 is 6.03 Å². The van der Waals surface area contributed by atoms with E-state index < -0.39 is 6.04 Å². The van der Waals surface area contributed by atoms with Crippen molar-refractivity contribution < 1.29 is 14.4 Å². The van der Waals surface area contributed by atoms with Crippen LogP contribution in [-0.2, 0) is 4.79 Å². The minimum absolute atomic E-state index is 0.0327. The Morgan fingerprint density at radius 1 is 1.07 bits per heavy atom. The Bertz CT molecular complexity index is 896. The van der Waals surface area contributed by atoms with Gasteiger partial charge in [-0.15, -0.1) is 0 Å². The van der Waals surface area contributed by atoms with Crippen LogP contribution in [0.5, 0.6) is 0 Å². The molecule has 4 amide bonds. The zero-order chi connectivity index (χ0) is 19.7. The highest BCUT2D eigenvalue weighted by molar-refractivity contribution is 6.06. The highest BCUT2D eigenvalue weighted by Crippen LogP contribution is 2.20. The fourth-order valence-electron chi connectivity index (χ4n) is 3.43. The van der Waals surface area contributed by atoms with Crippen molar-refractivity contribution in [3.8, 4) is 0 Å². The molecule has 0 bridgehead atoms. The molecule has 3 N–H and O–H groups in total. The first-order valence-corrected chi connectivity index (χ1v) is 9.74. The lowest BCUT2D eigenvalue weighted by Crippen LogP contribution is -2.56. The normalized spacial score (nSPS) is 18.0. The summed E-state index contributed by atoms with van der Waals surface area (Å²) < 4.78 is 0. The van der Waals surface area contributed by atoms with Crippen LogP contribution in [0, 0.1) is 0 Å². The van der Waals surface area contributed by atoms with Crippen LogP contribution >= 0.6 is 0 Å². The first-order valence-electron chi connectivity index (χ1n) is 9.74. The van der Waals surface area contributed by atoms with E-state index in [0.29, 0.717) is 31.7 Å². The summed E-state index contributed by atoms with van der Waals surface area (Å²) in [6.07, 6.45) is 3.77. The first-order chi connectivity index (χ1) is 13.5. The average Bonchev–Trinajstić information content (AvgIpc) is 3.42. The number of carbonyl (C=O) groups is 3. The Morgan fingerprint density at radius 3 is 2.46 bits per heavy atom. The van der Waals surface area contributed by atoms with Crippen molar-refractivity contribution >= 4 is 28.7 Å². The maximum absolute atomic E-state index is 12.9. The standard InChI is InChI=1S/C20H25N5O3/c1-13(18(26)23-14-6-7-14)22-20(28)25-10-8-24(9-11-25)19(27)16-12-21-17-5-3-2-4-15(16)17/h2-5,12-14,21H,6-11H2,1H3,(H,22,28)(H,23,26). The van der Waals surface area contributed by atoms with E-state index in [9.17, 15) is 14.4 Å². The summed E-state index contributed by atoms with van der Waals surface area (Å²) in [6, 6.07) is 7.14. The smallest absolute Gasteiger partial charge is 0.318 e. The van der Waals surface area contributed by atoms with Gasteiger partial charge in [0, 0.05) is 49.3 Å². The van der Waals surface area contributed by atoms with Crippen LogP contribution in [0.25, 0.3) is 10.9 Å². The van der Waals surface area contributed by atoms with Crippen molar-refractivity contribution in [2.75, 3.05) is 26.2 Å². The number of hydrogen-bond acceptors (Lipinski definition) is 3. The molecule has 1 saturated carbocycles. The number of para-hydroxylation sites is 1. The molecule has 4 rings (SSSR count). The number of piperazine rings is 1. The molecule has 1 saturated heterocycles. The van der Waals surface area contributed by atoms with Crippen LogP contribution in [0.4, 0.5) is 4.79 Å². The molecule has 1 aliphatic heterocycles. The molecule has 0 spiro atoms. The SMILES string of the molecule is CC(NC(=O)N1CCN(C(=O)c2c[nH]c3ccccc23)CC1)C(=O)NC1CC1. The lowest BCUT2D eigenvalue weighted by molar-refractivity contribution is -0.122. The molecule has 28 heavy (non-hydrogen) atoms. The monoisotopic (exact) mass is 383 g/mol. The van der Waals surface area contributed by atoms with E-state index in [4.69, 9.17) is 0 Å². The van der Waals surface area contributed by atoms with Crippen molar-refractivity contribution in [2.24, 2.45) is 0 Å². The van der Waals surface area contributed by atoms with E-state index in [-0.39, 0.29) is 23.9 Å². The lowest BCUT2D eigenvalue weighted by atomic mass is 10.1. The molecule has 0 radical (unpaired) electrons. The van der Waals surface area contributed by atoms with E-state index in [2.05, 4.69) is 15.6 Å². The van der Waals surface area contributed by atoms with Crippen LogP contribution in [0.1, 0.15) is 30.1 Å². The van der Waals surface area contributed by atoms with Crippen molar-refractivity contribution in [1.29, 1.82) is 0 Å². The molecule has 1 unspecified atom stereocenters. The molecule has 2 aromatic rings. The minimum atomic E-state index is -0.570. The number of fused-ring (bicyclic) bond motifs is 1. The van der Waals surface area contributed by atoms with Gasteiger partial charge in [0.1, 0.15) is 6.04 Å². The van der Waals surface area contributed by atoms with E-state index >= 15 is 0 Å². The van der Waals surface area contributed by atoms with Gasteiger partial charge in [0.05, 0.1) is 5.56 Å². The summed E-state index contributed by atoms with van der Waals surface area (Å²) in [7, 11) is 0. The van der Waals surface area contributed by atoms with Crippen LogP contribution in [0.15, 0.2) is 30.5 Å². The number of aromatic nitrogens is 1. The molecule has 2 heterocycles. The fraction of sp³-hybridized carbons (Fsp3) is 0.450. The largest absolute Gasteiger partial charge is 0.360 e. The van der Waals surface area contributed by atoms with Crippen LogP contribution in [0.2, 0.25) is 0 Å². The van der Waals surface area contributed by atoms with Crippen LogP contribution in [0.3, 0.4) is 0 Å². The Labute approximate surface area is 163 Å². The number of aromatic amines is 1. The fourth-order valence-corrected chi connectivity index (χ4v) is 3.43. The molecule has 1 aromatic heterocycles. The number of amides is 4. The first kappa shape index (κ1) is 18.3. The number of nitrogens with zero attached hydrogens (tertiary/aromatic N) is 2. The maximum atomic E-state index is 12.9. The Balaban J connectivity index is 1.30. The van der Waals surface area contributed by atoms with E-state index in [1.165, 1.54) is 0 Å². The van der Waals surface area contributed by atoms with Crippen molar-refractivity contribution in [3.63, 3.8) is 0 Å². The van der Waals surface area contributed by atoms with Crippen molar-refractivity contribution in [1.82, 2.24) is 25.4 Å². The molecule has 2 aliphatic rings. The summed E-state index contributed by atoms with van der Waals surface area (Å²) >= 11 is 0. The van der Waals surface area contributed by atoms with Gasteiger partial charge in [-0.1, -0.05) is 18.2 Å². The molecule has 8 nitrogen and oxygen atoms in total. The van der Waals surface area contributed by atoms with Gasteiger partial charge in [-0.2, -0.15) is 0 Å². The number of rotatable bonds is 4. The molecular formula is C20H25N5O3. The van der Waals surface area contributed by atoms with Crippen LogP contribution < -0.4 is 10.6 Å². The predicted molar refractivity (Wildman–Crippen MR) is 105 cm³/mol. The molecule has 1 aliphatic carbocycles. The summed E-state index contributed by atoms with van der Waals surface area (Å²) in [5.74, 6) is -0.182. The third kappa shape index (κ3) is 3.81. The summed E-state index contributed by atoms with van der Waals surface area (Å²) in [6.45, 7) is 3.50. The van der Waals surface area contributed by atoms with E-state index in [0.717, 1.165) is 23.7 Å². The second-order valence-electron chi connectivity index (χ2n) is 7.48. The van der Waals surface area contributed by atoms with E-state index in [1.807, 2.05) is 24.3 Å². The molecule has 2 fully saturated rings. The van der Waals surface area contributed by atoms with Gasteiger partial charge < -0.3 is 25.4 Å². The Morgan fingerprint density at radius 2 is 1.75 bits per heavy atom. The van der Waals surface area contributed by atoms with Crippen molar-refractivity contribution in [3.05, 3.63) is 36.0 Å². The topological polar surface area (TPSA) is 97.5 Å². The number of carbonyl (C=O) groups excluding carboxylic acids is 3. The minimum Gasteiger partial charge on any atom is -0.360 e. The summed E-state index contributed by atoms with van der Waals surface area (Å²) in [5.41, 5.74) is 1.58. The predicted octanol–water partition coefficient (Wildman–Crippen LogP) is 1.30. The van der Waals surface area contributed by atoms with Gasteiger partial charge in [-0.25, -0.2) is 4.79 Å². The zero-order valence-corrected chi connectivity index (χ0v) is 15.9. The van der Waals surface area contributed by atoms with Gasteiger partial charge in [-0.05, 0) is 25.8 Å². The Kier molecular flexibility index (Phi) is 4.93. The molecule has 1 atom stereocenters. The third-order valence-electron chi connectivity index (χ3n) is 5.33. The number of hydrogen-bond donors (Lipinski definition) is 3. The second-order valence-corrected chi connectivity index (χ2v) is 7.48. The van der Waals surface area contributed by atoms with Gasteiger partial charge in [-0.3, -0.25) is 9.59 Å². The molecule has 1 aromatic carbocycles. The average molecular weight is 383 g/mol. The zero-order valence-electron chi connectivity index (χ0n) is 15.9. The molecular weight excluding hydrogens is 358 g/mol. The number of benzene rings is 1. The van der Waals surface area contributed by atoms with Crippen LogP contribution in [-0.4, -0.2) is 70.9 Å². The quantitative estimate of drug-likeness (QED) is 0.742. The Hall–Kier alpha value is -3.03. The molecule has 8 heteroatoms. The summed E-state index contributed by atoms with van der Waals surface area (Å²) in [4.78, 5) is 43.8. The second kappa shape index (κ2) is 7.53. The highest BCUT2D eigenvalue weighted by atomic mass is 16.2. The highest BCUT2D eigenvalue weighted by Gasteiger charge is 2.29. The van der Waals surface area contributed by atoms with Gasteiger partial charge in [0.2, 0.25) is 5.91 Å². The third-order valence-corrected chi connectivity index (χ3v) is 5.33. The lowest BCUT2D eigenvalue weighted by Gasteiger charge is -2.35. The maximum Gasteiger partial charge on any atom is 0.318 e. The molecule has 148 valence electrons. The van der Waals surface area contributed by atoms with E-state index in [1.54, 1.807) is 22.9 Å². The summed E-state index contributed by atoms with van der Waals surface area (Å²) in [5, 5.41) is 6.54. The van der Waals surface area contributed by atoms with Crippen molar-refractivity contribution in [2.45, 2.75) is 31.8 Å². The van der Waals surface area contributed by atoms with Gasteiger partial charge in [0.15, 0.2) is 0 Å². The number of urea groups is 1. The van der Waals surface area contributed by atoms with Gasteiger partial charge in [0.25, 0.3) is 5.91 Å². The number of H-pyrrole nitrogens is 1.